The van der Waals surface area contributed by atoms with Gasteiger partial charge in [-0.25, -0.2) is 4.98 Å². The van der Waals surface area contributed by atoms with Gasteiger partial charge in [0.1, 0.15) is 6.54 Å². The van der Waals surface area contributed by atoms with Crippen LogP contribution in [-0.2, 0) is 17.8 Å². The Kier molecular flexibility index (Phi) is 3.79. The molecule has 0 radical (unpaired) electrons. The summed E-state index contributed by atoms with van der Waals surface area (Å²) >= 11 is 0. The Morgan fingerprint density at radius 2 is 2.40 bits per heavy atom. The predicted octanol–water partition coefficient (Wildman–Crippen LogP) is 0.447. The molecule has 0 fully saturated rings. The third kappa shape index (κ3) is 3.38. The first-order chi connectivity index (χ1) is 7.13. The molecular weight excluding hydrogens is 196 g/mol. The Bertz CT molecular complexity index is 423. The largest absolute Gasteiger partial charge is 0.480 e. The second-order valence-corrected chi connectivity index (χ2v) is 3.07. The highest BCUT2D eigenvalue weighted by molar-refractivity contribution is 5.66. The molecule has 0 saturated carbocycles. The fourth-order valence-electron chi connectivity index (χ4n) is 1.11. The van der Waals surface area contributed by atoms with Gasteiger partial charge in [-0.3, -0.25) is 14.2 Å². The van der Waals surface area contributed by atoms with Gasteiger partial charge in [-0.2, -0.15) is 0 Å². The number of carboxylic acids is 1. The summed E-state index contributed by atoms with van der Waals surface area (Å²) in [5, 5.41) is 8.50. The molecule has 0 saturated heterocycles. The average molecular weight is 208 g/mol. The van der Waals surface area contributed by atoms with Crippen molar-refractivity contribution in [2.45, 2.75) is 19.4 Å². The Morgan fingerprint density at radius 3 is 2.93 bits per heavy atom. The van der Waals surface area contributed by atoms with Crippen LogP contribution in [0.4, 0.5) is 0 Å². The SMILES string of the molecule is C=CCCc1cc(=O)n(CC(=O)O)cn1. The van der Waals surface area contributed by atoms with E-state index in [1.165, 1.54) is 12.4 Å². The highest BCUT2D eigenvalue weighted by Crippen LogP contribution is 1.95. The zero-order chi connectivity index (χ0) is 11.3. The lowest BCUT2D eigenvalue weighted by Crippen LogP contribution is -2.24. The number of allylic oxidation sites excluding steroid dienone is 1. The summed E-state index contributed by atoms with van der Waals surface area (Å²) in [6, 6.07) is 1.35. The fourth-order valence-corrected chi connectivity index (χ4v) is 1.11. The van der Waals surface area contributed by atoms with Crippen LogP contribution >= 0.6 is 0 Å². The predicted molar refractivity (Wildman–Crippen MR) is 54.7 cm³/mol. The molecule has 0 amide bonds. The molecule has 80 valence electrons. The van der Waals surface area contributed by atoms with E-state index >= 15 is 0 Å². The monoisotopic (exact) mass is 208 g/mol. The molecule has 1 heterocycles. The van der Waals surface area contributed by atoms with E-state index in [1.807, 2.05) is 0 Å². The number of hydrogen-bond acceptors (Lipinski definition) is 3. The number of nitrogens with zero attached hydrogens (tertiary/aromatic N) is 2. The van der Waals surface area contributed by atoms with Crippen molar-refractivity contribution in [1.82, 2.24) is 9.55 Å². The summed E-state index contributed by atoms with van der Waals surface area (Å²) in [6.45, 7) is 3.21. The van der Waals surface area contributed by atoms with Crippen molar-refractivity contribution in [3.05, 3.63) is 41.1 Å². The number of aryl methyl sites for hydroxylation is 1. The molecule has 0 aliphatic heterocycles. The molecule has 1 N–H and O–H groups in total. The standard InChI is InChI=1S/C10H12N2O3/c1-2-3-4-8-5-9(13)12(7-11-8)6-10(14)15/h2,5,7H,1,3-4,6H2,(H,14,15). The molecule has 15 heavy (non-hydrogen) atoms. The Hall–Kier alpha value is -1.91. The first-order valence-corrected chi connectivity index (χ1v) is 4.51. The number of aliphatic carboxylic acids is 1. The first kappa shape index (κ1) is 11.2. The highest BCUT2D eigenvalue weighted by Gasteiger charge is 2.03. The van der Waals surface area contributed by atoms with Crippen molar-refractivity contribution >= 4 is 5.97 Å². The Balaban J connectivity index is 2.83. The number of carbonyl (C=O) groups is 1. The van der Waals surface area contributed by atoms with Crippen molar-refractivity contribution in [1.29, 1.82) is 0 Å². The Labute approximate surface area is 86.7 Å². The normalized spacial score (nSPS) is 9.87. The quantitative estimate of drug-likeness (QED) is 0.713. The number of carboxylic acid groups (broad SMARTS) is 1. The molecule has 1 aromatic heterocycles. The highest BCUT2D eigenvalue weighted by atomic mass is 16.4. The summed E-state index contributed by atoms with van der Waals surface area (Å²) in [5.74, 6) is -1.06. The van der Waals surface area contributed by atoms with Crippen LogP contribution in [-0.4, -0.2) is 20.6 Å². The molecule has 0 spiro atoms. The molecule has 0 unspecified atom stereocenters. The molecule has 5 heteroatoms. The third-order valence-corrected chi connectivity index (χ3v) is 1.85. The smallest absolute Gasteiger partial charge is 0.323 e. The number of rotatable bonds is 5. The van der Waals surface area contributed by atoms with Crippen molar-refractivity contribution in [3.8, 4) is 0 Å². The average Bonchev–Trinajstić information content (AvgIpc) is 2.18. The van der Waals surface area contributed by atoms with Gasteiger partial charge in [0, 0.05) is 11.8 Å². The summed E-state index contributed by atoms with van der Waals surface area (Å²) in [5.41, 5.74) is 0.313. The minimum absolute atomic E-state index is 0.341. The van der Waals surface area contributed by atoms with Crippen LogP contribution < -0.4 is 5.56 Å². The van der Waals surface area contributed by atoms with E-state index in [0.29, 0.717) is 12.1 Å². The summed E-state index contributed by atoms with van der Waals surface area (Å²) in [4.78, 5) is 25.7. The van der Waals surface area contributed by atoms with Crippen molar-refractivity contribution in [2.24, 2.45) is 0 Å². The number of aromatic nitrogens is 2. The van der Waals surface area contributed by atoms with Gasteiger partial charge in [0.25, 0.3) is 5.56 Å². The maximum absolute atomic E-state index is 11.4. The molecule has 0 aromatic carbocycles. The third-order valence-electron chi connectivity index (χ3n) is 1.85. The van der Waals surface area contributed by atoms with E-state index in [-0.39, 0.29) is 12.1 Å². The molecular formula is C10H12N2O3. The Morgan fingerprint density at radius 1 is 1.67 bits per heavy atom. The maximum atomic E-state index is 11.4. The van der Waals surface area contributed by atoms with E-state index in [4.69, 9.17) is 5.11 Å². The molecule has 0 atom stereocenters. The minimum atomic E-state index is -1.06. The van der Waals surface area contributed by atoms with Crippen LogP contribution in [0.5, 0.6) is 0 Å². The van der Waals surface area contributed by atoms with Gasteiger partial charge >= 0.3 is 5.97 Å². The minimum Gasteiger partial charge on any atom is -0.480 e. The summed E-state index contributed by atoms with van der Waals surface area (Å²) in [6.07, 6.45) is 4.39. The van der Waals surface area contributed by atoms with Crippen molar-refractivity contribution in [2.75, 3.05) is 0 Å². The van der Waals surface area contributed by atoms with Crippen LogP contribution in [0, 0.1) is 0 Å². The molecule has 0 bridgehead atoms. The molecule has 0 aliphatic rings. The molecule has 1 aromatic rings. The van der Waals surface area contributed by atoms with E-state index in [0.717, 1.165) is 11.0 Å². The molecule has 5 nitrogen and oxygen atoms in total. The van der Waals surface area contributed by atoms with Crippen LogP contribution in [0.25, 0.3) is 0 Å². The van der Waals surface area contributed by atoms with Gasteiger partial charge < -0.3 is 5.11 Å². The van der Waals surface area contributed by atoms with Crippen molar-refractivity contribution < 1.29 is 9.90 Å². The second-order valence-electron chi connectivity index (χ2n) is 3.07. The van der Waals surface area contributed by atoms with Gasteiger partial charge in [-0.05, 0) is 12.8 Å². The van der Waals surface area contributed by atoms with Gasteiger partial charge in [0.15, 0.2) is 0 Å². The van der Waals surface area contributed by atoms with Gasteiger partial charge in [-0.1, -0.05) is 6.08 Å². The van der Waals surface area contributed by atoms with Crippen molar-refractivity contribution in [3.63, 3.8) is 0 Å². The van der Waals surface area contributed by atoms with Gasteiger partial charge in [-0.15, -0.1) is 6.58 Å². The van der Waals surface area contributed by atoms with Crippen LogP contribution in [0.15, 0.2) is 29.8 Å². The zero-order valence-corrected chi connectivity index (χ0v) is 8.22. The van der Waals surface area contributed by atoms with Crippen LogP contribution in [0.3, 0.4) is 0 Å². The molecule has 0 aliphatic carbocycles. The molecule has 1 rings (SSSR count). The lowest BCUT2D eigenvalue weighted by atomic mass is 10.2. The van der Waals surface area contributed by atoms with E-state index in [9.17, 15) is 9.59 Å². The van der Waals surface area contributed by atoms with E-state index in [1.54, 1.807) is 6.08 Å². The second kappa shape index (κ2) is 5.09. The first-order valence-electron chi connectivity index (χ1n) is 4.51. The maximum Gasteiger partial charge on any atom is 0.323 e. The summed E-state index contributed by atoms with van der Waals surface area (Å²) in [7, 11) is 0. The van der Waals surface area contributed by atoms with Gasteiger partial charge in [0.05, 0.1) is 6.33 Å². The van der Waals surface area contributed by atoms with Crippen LogP contribution in [0.1, 0.15) is 12.1 Å². The summed E-state index contributed by atoms with van der Waals surface area (Å²) < 4.78 is 1.06. The topological polar surface area (TPSA) is 72.2 Å². The zero-order valence-electron chi connectivity index (χ0n) is 8.22. The lowest BCUT2D eigenvalue weighted by Gasteiger charge is -2.02. The van der Waals surface area contributed by atoms with E-state index < -0.39 is 5.97 Å². The van der Waals surface area contributed by atoms with Gasteiger partial charge in [0.2, 0.25) is 0 Å². The number of hydrogen-bond donors (Lipinski definition) is 1. The van der Waals surface area contributed by atoms with Crippen LogP contribution in [0.2, 0.25) is 0 Å². The lowest BCUT2D eigenvalue weighted by molar-refractivity contribution is -0.137. The van der Waals surface area contributed by atoms with E-state index in [2.05, 4.69) is 11.6 Å². The fraction of sp³-hybridized carbons (Fsp3) is 0.300.